The van der Waals surface area contributed by atoms with Gasteiger partial charge in [0.2, 0.25) is 5.91 Å². The van der Waals surface area contributed by atoms with Gasteiger partial charge in [-0.3, -0.25) is 9.79 Å². The van der Waals surface area contributed by atoms with Crippen molar-refractivity contribution in [1.29, 1.82) is 0 Å². The molecule has 0 aliphatic carbocycles. The number of carbonyl (C=O) groups is 1. The molecular formula is C19H32N4O3. The highest BCUT2D eigenvalue weighted by Gasteiger charge is 2.27. The number of hydrogen-bond acceptors (Lipinski definition) is 4. The van der Waals surface area contributed by atoms with Crippen LogP contribution in [-0.2, 0) is 4.79 Å². The topological polar surface area (TPSA) is 75.2 Å². The monoisotopic (exact) mass is 364 g/mol. The number of methoxy groups -OCH3 is 1. The molecule has 0 atom stereocenters. The number of aliphatic imine (C=N–C) groups is 1. The fourth-order valence-electron chi connectivity index (χ4n) is 2.24. The highest BCUT2D eigenvalue weighted by molar-refractivity contribution is 5.84. The molecule has 0 bridgehead atoms. The first-order chi connectivity index (χ1) is 12.3. The third-order valence-electron chi connectivity index (χ3n) is 3.97. The van der Waals surface area contributed by atoms with Crippen LogP contribution >= 0.6 is 0 Å². The Bertz CT molecular complexity index is 585. The summed E-state index contributed by atoms with van der Waals surface area (Å²) in [6, 6.07) is 7.48. The van der Waals surface area contributed by atoms with Gasteiger partial charge in [0.05, 0.1) is 19.1 Å². The number of guanidine groups is 1. The molecule has 1 aromatic rings. The minimum absolute atomic E-state index is 0.0217. The number of hydrogen-bond donors (Lipinski definition) is 2. The lowest BCUT2D eigenvalue weighted by molar-refractivity contribution is -0.128. The summed E-state index contributed by atoms with van der Waals surface area (Å²) in [6.07, 6.45) is 0. The average molecular weight is 364 g/mol. The highest BCUT2D eigenvalue weighted by Crippen LogP contribution is 2.17. The molecule has 2 N–H and O–H groups in total. The van der Waals surface area contributed by atoms with E-state index in [9.17, 15) is 4.79 Å². The van der Waals surface area contributed by atoms with E-state index in [1.165, 1.54) is 0 Å². The maximum atomic E-state index is 12.1. The number of likely N-dealkylation sites (N-methyl/N-ethyl adjacent to an activating group) is 1. The lowest BCUT2D eigenvalue weighted by atomic mass is 9.92. The van der Waals surface area contributed by atoms with Gasteiger partial charge in [-0.05, 0) is 45.0 Å². The van der Waals surface area contributed by atoms with Gasteiger partial charge in [0.1, 0.15) is 18.1 Å². The van der Waals surface area contributed by atoms with Crippen LogP contribution < -0.4 is 20.1 Å². The second kappa shape index (κ2) is 10.5. The fourth-order valence-corrected chi connectivity index (χ4v) is 2.24. The van der Waals surface area contributed by atoms with Gasteiger partial charge < -0.3 is 25.0 Å². The van der Waals surface area contributed by atoms with E-state index in [-0.39, 0.29) is 5.91 Å². The van der Waals surface area contributed by atoms with Gasteiger partial charge in [-0.25, -0.2) is 0 Å². The first-order valence-electron chi connectivity index (χ1n) is 8.81. The predicted molar refractivity (Wildman–Crippen MR) is 105 cm³/mol. The Morgan fingerprint density at radius 1 is 1.19 bits per heavy atom. The molecule has 0 unspecified atom stereocenters. The molecule has 0 aliphatic rings. The molecule has 1 rings (SSSR count). The van der Waals surface area contributed by atoms with Crippen molar-refractivity contribution in [3.05, 3.63) is 24.3 Å². The van der Waals surface area contributed by atoms with Crippen LogP contribution in [-0.4, -0.2) is 64.2 Å². The van der Waals surface area contributed by atoms with Crippen molar-refractivity contribution in [2.75, 3.05) is 47.4 Å². The number of amides is 1. The lowest BCUT2D eigenvalue weighted by Crippen LogP contribution is -2.48. The number of carbonyl (C=O) groups excluding carboxylic acids is 1. The van der Waals surface area contributed by atoms with Gasteiger partial charge in [0, 0.05) is 27.2 Å². The molecule has 0 aliphatic heterocycles. The molecular weight excluding hydrogens is 332 g/mol. The standard InChI is InChI=1S/C19H32N4O3/c1-7-21-17(24)19(2,3)14-22-18(20-4)23(5)12-13-26-16-10-8-15(25-6)9-11-16/h8-11H,7,12-14H2,1-6H3,(H,20,22)(H,21,24). The van der Waals surface area contributed by atoms with Crippen LogP contribution in [0.3, 0.4) is 0 Å². The first-order valence-corrected chi connectivity index (χ1v) is 8.81. The number of rotatable bonds is 9. The zero-order valence-corrected chi connectivity index (χ0v) is 16.8. The summed E-state index contributed by atoms with van der Waals surface area (Å²) in [5.74, 6) is 2.34. The van der Waals surface area contributed by atoms with Gasteiger partial charge in [-0.2, -0.15) is 0 Å². The Labute approximate surface area is 156 Å². The SMILES string of the molecule is CCNC(=O)C(C)(C)CNC(=NC)N(C)CCOc1ccc(OC)cc1. The van der Waals surface area contributed by atoms with Crippen molar-refractivity contribution >= 4 is 11.9 Å². The normalized spacial score (nSPS) is 11.7. The molecule has 146 valence electrons. The van der Waals surface area contributed by atoms with Crippen molar-refractivity contribution in [1.82, 2.24) is 15.5 Å². The van der Waals surface area contributed by atoms with Gasteiger partial charge >= 0.3 is 0 Å². The van der Waals surface area contributed by atoms with E-state index in [0.717, 1.165) is 17.5 Å². The summed E-state index contributed by atoms with van der Waals surface area (Å²) in [6.45, 7) is 8.03. The molecule has 0 radical (unpaired) electrons. The van der Waals surface area contributed by atoms with Gasteiger partial charge in [0.25, 0.3) is 0 Å². The van der Waals surface area contributed by atoms with Crippen LogP contribution in [0.5, 0.6) is 11.5 Å². The molecule has 26 heavy (non-hydrogen) atoms. The summed E-state index contributed by atoms with van der Waals surface area (Å²) < 4.78 is 10.9. The largest absolute Gasteiger partial charge is 0.497 e. The summed E-state index contributed by atoms with van der Waals surface area (Å²) in [5, 5.41) is 6.11. The Kier molecular flexibility index (Phi) is 8.75. The third-order valence-corrected chi connectivity index (χ3v) is 3.97. The number of benzene rings is 1. The van der Waals surface area contributed by atoms with E-state index < -0.39 is 5.41 Å². The first kappa shape index (κ1) is 21.6. The Morgan fingerprint density at radius 3 is 2.35 bits per heavy atom. The smallest absolute Gasteiger partial charge is 0.227 e. The quantitative estimate of drug-likeness (QED) is 0.516. The summed E-state index contributed by atoms with van der Waals surface area (Å²) in [4.78, 5) is 18.3. The molecule has 1 amide bonds. The fraction of sp³-hybridized carbons (Fsp3) is 0.579. The second-order valence-corrected chi connectivity index (χ2v) is 6.59. The minimum atomic E-state index is -0.521. The maximum Gasteiger partial charge on any atom is 0.227 e. The summed E-state index contributed by atoms with van der Waals surface area (Å²) >= 11 is 0. The second-order valence-electron chi connectivity index (χ2n) is 6.59. The van der Waals surface area contributed by atoms with E-state index in [2.05, 4.69) is 15.6 Å². The zero-order valence-electron chi connectivity index (χ0n) is 16.8. The summed E-state index contributed by atoms with van der Waals surface area (Å²) in [7, 11) is 5.30. The zero-order chi connectivity index (χ0) is 19.6. The van der Waals surface area contributed by atoms with Gasteiger partial charge in [-0.15, -0.1) is 0 Å². The molecule has 7 nitrogen and oxygen atoms in total. The van der Waals surface area contributed by atoms with Gasteiger partial charge in [0.15, 0.2) is 5.96 Å². The van der Waals surface area contributed by atoms with E-state index in [0.29, 0.717) is 26.2 Å². The van der Waals surface area contributed by atoms with Gasteiger partial charge in [-0.1, -0.05) is 0 Å². The Hall–Kier alpha value is -2.44. The van der Waals surface area contributed by atoms with Crippen molar-refractivity contribution in [3.63, 3.8) is 0 Å². The molecule has 0 aromatic heterocycles. The number of nitrogens with one attached hydrogen (secondary N) is 2. The van der Waals surface area contributed by atoms with Crippen LogP contribution in [0.4, 0.5) is 0 Å². The van der Waals surface area contributed by atoms with Crippen LogP contribution in [0.1, 0.15) is 20.8 Å². The average Bonchev–Trinajstić information content (AvgIpc) is 2.63. The molecule has 7 heteroatoms. The van der Waals surface area contributed by atoms with Crippen molar-refractivity contribution in [2.45, 2.75) is 20.8 Å². The third kappa shape index (κ3) is 6.82. The van der Waals surface area contributed by atoms with Crippen LogP contribution in [0.25, 0.3) is 0 Å². The predicted octanol–water partition coefficient (Wildman–Crippen LogP) is 1.74. The van der Waals surface area contributed by atoms with E-state index in [1.54, 1.807) is 14.2 Å². The number of nitrogens with zero attached hydrogens (tertiary/aromatic N) is 2. The van der Waals surface area contributed by atoms with Crippen molar-refractivity contribution < 1.29 is 14.3 Å². The van der Waals surface area contributed by atoms with Crippen molar-refractivity contribution in [3.8, 4) is 11.5 Å². The minimum Gasteiger partial charge on any atom is -0.497 e. The molecule has 0 fully saturated rings. The molecule has 0 heterocycles. The van der Waals surface area contributed by atoms with Crippen LogP contribution in [0.2, 0.25) is 0 Å². The maximum absolute atomic E-state index is 12.1. The Morgan fingerprint density at radius 2 is 1.81 bits per heavy atom. The van der Waals surface area contributed by atoms with E-state index in [4.69, 9.17) is 9.47 Å². The van der Waals surface area contributed by atoms with E-state index in [1.807, 2.05) is 57.0 Å². The molecule has 0 saturated carbocycles. The molecule has 0 spiro atoms. The van der Waals surface area contributed by atoms with Crippen LogP contribution in [0.15, 0.2) is 29.3 Å². The summed E-state index contributed by atoms with van der Waals surface area (Å²) in [5.41, 5.74) is -0.521. The molecule has 1 aromatic carbocycles. The number of ether oxygens (including phenoxy) is 2. The molecule has 0 saturated heterocycles. The van der Waals surface area contributed by atoms with E-state index >= 15 is 0 Å². The van der Waals surface area contributed by atoms with Crippen LogP contribution in [0, 0.1) is 5.41 Å². The lowest BCUT2D eigenvalue weighted by Gasteiger charge is -2.28. The van der Waals surface area contributed by atoms with Crippen molar-refractivity contribution in [2.24, 2.45) is 10.4 Å². The highest BCUT2D eigenvalue weighted by atomic mass is 16.5. The Balaban J connectivity index is 2.45.